The molecule has 2 aromatic rings. The second kappa shape index (κ2) is 6.64. The number of hydrogen-bond donors (Lipinski definition) is 2. The highest BCUT2D eigenvalue weighted by Gasteiger charge is 2.12. The molecule has 1 atom stereocenters. The van der Waals surface area contributed by atoms with Crippen molar-refractivity contribution >= 4 is 0 Å². The van der Waals surface area contributed by atoms with Gasteiger partial charge in [0.05, 0.1) is 0 Å². The first-order chi connectivity index (χ1) is 9.60. The largest absolute Gasteiger partial charge is 0.271 e. The van der Waals surface area contributed by atoms with Gasteiger partial charge >= 0.3 is 0 Å². The van der Waals surface area contributed by atoms with Crippen LogP contribution in [-0.4, -0.2) is 6.04 Å². The van der Waals surface area contributed by atoms with E-state index in [1.165, 1.54) is 17.2 Å². The normalized spacial score (nSPS) is 12.4. The number of nitrogens with one attached hydrogen (secondary N) is 1. The van der Waals surface area contributed by atoms with Crippen LogP contribution in [0.5, 0.6) is 0 Å². The van der Waals surface area contributed by atoms with Crippen LogP contribution in [0.3, 0.4) is 0 Å². The van der Waals surface area contributed by atoms with Gasteiger partial charge in [-0.25, -0.2) is 4.39 Å². The summed E-state index contributed by atoms with van der Waals surface area (Å²) in [7, 11) is 0. The fraction of sp³-hybridized carbons (Fsp3) is 0.294. The van der Waals surface area contributed by atoms with E-state index in [0.29, 0.717) is 6.42 Å². The molecule has 106 valence electrons. The summed E-state index contributed by atoms with van der Waals surface area (Å²) in [5, 5.41) is 0. The van der Waals surface area contributed by atoms with Gasteiger partial charge in [0.1, 0.15) is 5.82 Å². The zero-order chi connectivity index (χ0) is 14.5. The van der Waals surface area contributed by atoms with Gasteiger partial charge in [-0.2, -0.15) is 0 Å². The topological polar surface area (TPSA) is 38.0 Å². The van der Waals surface area contributed by atoms with Crippen molar-refractivity contribution in [3.05, 3.63) is 70.5 Å². The van der Waals surface area contributed by atoms with Gasteiger partial charge in [0, 0.05) is 6.04 Å². The number of nitrogens with two attached hydrogens (primary N) is 1. The lowest BCUT2D eigenvalue weighted by molar-refractivity contribution is 0.518. The zero-order valence-corrected chi connectivity index (χ0v) is 12.0. The molecule has 0 amide bonds. The molecule has 2 nitrogen and oxygen atoms in total. The summed E-state index contributed by atoms with van der Waals surface area (Å²) in [6, 6.07) is 13.3. The molecular formula is C17H21FN2. The number of benzene rings is 2. The maximum atomic E-state index is 13.3. The van der Waals surface area contributed by atoms with Crippen molar-refractivity contribution in [1.29, 1.82) is 0 Å². The fourth-order valence-corrected chi connectivity index (χ4v) is 2.42. The maximum Gasteiger partial charge on any atom is 0.123 e. The average Bonchev–Trinajstić information content (AvgIpc) is 2.44. The Labute approximate surface area is 119 Å². The Balaban J connectivity index is 2.13. The number of hydrogen-bond acceptors (Lipinski definition) is 2. The molecule has 0 saturated carbocycles. The van der Waals surface area contributed by atoms with E-state index in [0.717, 1.165) is 17.5 Å². The Bertz CT molecular complexity index is 581. The van der Waals surface area contributed by atoms with Gasteiger partial charge in [-0.3, -0.25) is 11.3 Å². The van der Waals surface area contributed by atoms with Crippen LogP contribution in [0.15, 0.2) is 42.5 Å². The molecule has 2 aromatic carbocycles. The minimum absolute atomic E-state index is 0.0941. The first-order valence-corrected chi connectivity index (χ1v) is 6.86. The van der Waals surface area contributed by atoms with E-state index in [2.05, 4.69) is 24.5 Å². The predicted molar refractivity (Wildman–Crippen MR) is 80.8 cm³/mol. The van der Waals surface area contributed by atoms with Crippen LogP contribution in [0.4, 0.5) is 4.39 Å². The minimum atomic E-state index is -0.197. The Kier molecular flexibility index (Phi) is 4.88. The molecule has 0 aliphatic carbocycles. The lowest BCUT2D eigenvalue weighted by Crippen LogP contribution is -2.38. The zero-order valence-electron chi connectivity index (χ0n) is 12.0. The summed E-state index contributed by atoms with van der Waals surface area (Å²) in [4.78, 5) is 0. The number of hydrazine groups is 1. The Morgan fingerprint density at radius 3 is 2.35 bits per heavy atom. The molecule has 0 fully saturated rings. The molecule has 0 spiro atoms. The van der Waals surface area contributed by atoms with Gasteiger partial charge in [0.2, 0.25) is 0 Å². The highest BCUT2D eigenvalue weighted by Crippen LogP contribution is 2.16. The van der Waals surface area contributed by atoms with Crippen molar-refractivity contribution in [3.63, 3.8) is 0 Å². The Hall–Kier alpha value is -1.71. The third kappa shape index (κ3) is 3.65. The van der Waals surface area contributed by atoms with Gasteiger partial charge in [-0.15, -0.1) is 0 Å². The van der Waals surface area contributed by atoms with E-state index in [-0.39, 0.29) is 11.9 Å². The van der Waals surface area contributed by atoms with Crippen LogP contribution in [0.2, 0.25) is 0 Å². The quantitative estimate of drug-likeness (QED) is 0.648. The lowest BCUT2D eigenvalue weighted by Gasteiger charge is -2.18. The van der Waals surface area contributed by atoms with E-state index in [4.69, 9.17) is 5.84 Å². The van der Waals surface area contributed by atoms with Crippen LogP contribution in [0.1, 0.15) is 22.3 Å². The van der Waals surface area contributed by atoms with Gasteiger partial charge in [-0.1, -0.05) is 30.3 Å². The fourth-order valence-electron chi connectivity index (χ4n) is 2.42. The van der Waals surface area contributed by atoms with E-state index in [1.807, 2.05) is 25.1 Å². The Morgan fingerprint density at radius 2 is 1.65 bits per heavy atom. The summed E-state index contributed by atoms with van der Waals surface area (Å²) in [5.74, 6) is 5.47. The smallest absolute Gasteiger partial charge is 0.123 e. The van der Waals surface area contributed by atoms with Crippen molar-refractivity contribution < 1.29 is 4.39 Å². The first-order valence-electron chi connectivity index (χ1n) is 6.86. The molecule has 0 radical (unpaired) electrons. The van der Waals surface area contributed by atoms with E-state index in [1.54, 1.807) is 6.07 Å². The molecular weight excluding hydrogens is 251 g/mol. The first kappa shape index (κ1) is 14.7. The van der Waals surface area contributed by atoms with Gasteiger partial charge in [0.25, 0.3) is 0 Å². The highest BCUT2D eigenvalue weighted by atomic mass is 19.1. The number of rotatable bonds is 5. The third-order valence-electron chi connectivity index (χ3n) is 3.74. The van der Waals surface area contributed by atoms with E-state index in [9.17, 15) is 4.39 Å². The van der Waals surface area contributed by atoms with Crippen LogP contribution in [0, 0.1) is 19.7 Å². The molecule has 0 aliphatic rings. The average molecular weight is 272 g/mol. The molecule has 0 heterocycles. The molecule has 3 N–H and O–H groups in total. The SMILES string of the molecule is Cc1ccccc1CC(Cc1cc(F)ccc1C)NN. The maximum absolute atomic E-state index is 13.3. The van der Waals surface area contributed by atoms with Crippen LogP contribution < -0.4 is 11.3 Å². The van der Waals surface area contributed by atoms with Crippen molar-refractivity contribution in [2.45, 2.75) is 32.7 Å². The molecule has 0 bridgehead atoms. The van der Waals surface area contributed by atoms with Crippen molar-refractivity contribution in [1.82, 2.24) is 5.43 Å². The van der Waals surface area contributed by atoms with Crippen LogP contribution >= 0.6 is 0 Å². The van der Waals surface area contributed by atoms with Crippen LogP contribution in [0.25, 0.3) is 0 Å². The summed E-state index contributed by atoms with van der Waals surface area (Å²) < 4.78 is 13.3. The summed E-state index contributed by atoms with van der Waals surface area (Å²) in [6.45, 7) is 4.09. The van der Waals surface area contributed by atoms with Gasteiger partial charge < -0.3 is 0 Å². The minimum Gasteiger partial charge on any atom is -0.271 e. The van der Waals surface area contributed by atoms with Crippen molar-refractivity contribution in [3.8, 4) is 0 Å². The summed E-state index contributed by atoms with van der Waals surface area (Å²) >= 11 is 0. The third-order valence-corrected chi connectivity index (χ3v) is 3.74. The number of halogens is 1. The molecule has 1 unspecified atom stereocenters. The van der Waals surface area contributed by atoms with E-state index < -0.39 is 0 Å². The highest BCUT2D eigenvalue weighted by molar-refractivity contribution is 5.29. The second-order valence-corrected chi connectivity index (χ2v) is 5.27. The van der Waals surface area contributed by atoms with Crippen molar-refractivity contribution in [2.75, 3.05) is 0 Å². The molecule has 0 aliphatic heterocycles. The van der Waals surface area contributed by atoms with Crippen molar-refractivity contribution in [2.24, 2.45) is 5.84 Å². The van der Waals surface area contributed by atoms with E-state index >= 15 is 0 Å². The molecule has 0 saturated heterocycles. The van der Waals surface area contributed by atoms with Gasteiger partial charge in [-0.05, 0) is 61.1 Å². The number of aryl methyl sites for hydroxylation is 2. The lowest BCUT2D eigenvalue weighted by atomic mass is 9.95. The predicted octanol–water partition coefficient (Wildman–Crippen LogP) is 3.06. The molecule has 20 heavy (non-hydrogen) atoms. The molecule has 2 rings (SSSR count). The standard InChI is InChI=1S/C17H21FN2/c1-12-5-3-4-6-14(12)10-17(20-19)11-15-9-16(18)8-7-13(15)2/h3-9,17,20H,10-11,19H2,1-2H3. The van der Waals surface area contributed by atoms with Crippen LogP contribution in [-0.2, 0) is 12.8 Å². The second-order valence-electron chi connectivity index (χ2n) is 5.27. The Morgan fingerprint density at radius 1 is 1.00 bits per heavy atom. The monoisotopic (exact) mass is 272 g/mol. The molecule has 0 aromatic heterocycles. The summed E-state index contributed by atoms with van der Waals surface area (Å²) in [6.07, 6.45) is 1.55. The molecule has 3 heteroatoms. The summed E-state index contributed by atoms with van der Waals surface area (Å²) in [5.41, 5.74) is 7.47. The van der Waals surface area contributed by atoms with Gasteiger partial charge in [0.15, 0.2) is 0 Å².